The summed E-state index contributed by atoms with van der Waals surface area (Å²) in [4.78, 5) is 23.6. The minimum Gasteiger partial charge on any atom is -0.507 e. The van der Waals surface area contributed by atoms with Crippen molar-refractivity contribution in [2.75, 3.05) is 13.2 Å². The average Bonchev–Trinajstić information content (AvgIpc) is 2.61. The lowest BCUT2D eigenvalue weighted by atomic mass is 10.0. The number of ether oxygens (including phenoxy) is 2. The molecular formula is C20H20O6. The number of carbonyl (C=O) groups excluding carboxylic acids is 2. The number of ketones is 1. The molecular weight excluding hydrogens is 336 g/mol. The fourth-order valence-corrected chi connectivity index (χ4v) is 2.14. The topological polar surface area (TPSA) is 93.1 Å². The van der Waals surface area contributed by atoms with Gasteiger partial charge in [0, 0.05) is 18.1 Å². The van der Waals surface area contributed by atoms with Crippen LogP contribution in [0.5, 0.6) is 17.2 Å². The summed E-state index contributed by atoms with van der Waals surface area (Å²) in [6, 6.07) is 10.4. The van der Waals surface area contributed by atoms with Crippen LogP contribution in [0, 0.1) is 0 Å². The summed E-state index contributed by atoms with van der Waals surface area (Å²) in [5, 5.41) is 19.8. The van der Waals surface area contributed by atoms with E-state index in [1.54, 1.807) is 25.1 Å². The number of phenols is 2. The second-order valence-electron chi connectivity index (χ2n) is 5.64. The van der Waals surface area contributed by atoms with Crippen LogP contribution >= 0.6 is 0 Å². The number of hydrogen-bond donors (Lipinski definition) is 2. The molecule has 0 heterocycles. The number of carbonyl (C=O) groups is 2. The Kier molecular flexibility index (Phi) is 6.38. The molecule has 2 aromatic rings. The zero-order chi connectivity index (χ0) is 19.1. The Labute approximate surface area is 151 Å². The van der Waals surface area contributed by atoms with Gasteiger partial charge in [-0.2, -0.15) is 0 Å². The monoisotopic (exact) mass is 356 g/mol. The van der Waals surface area contributed by atoms with Gasteiger partial charge in [-0.3, -0.25) is 4.79 Å². The van der Waals surface area contributed by atoms with Crippen LogP contribution in [0.3, 0.4) is 0 Å². The highest BCUT2D eigenvalue weighted by Gasteiger charge is 2.17. The molecule has 0 aromatic heterocycles. The van der Waals surface area contributed by atoms with Gasteiger partial charge in [-0.1, -0.05) is 18.7 Å². The third-order valence-electron chi connectivity index (χ3n) is 3.50. The molecule has 0 saturated carbocycles. The normalized spacial score (nSPS) is 10.2. The van der Waals surface area contributed by atoms with E-state index in [1.807, 2.05) is 0 Å². The van der Waals surface area contributed by atoms with Gasteiger partial charge in [0.1, 0.15) is 17.2 Å². The predicted octanol–water partition coefficient (Wildman–Crippen LogP) is 3.22. The third-order valence-corrected chi connectivity index (χ3v) is 3.50. The summed E-state index contributed by atoms with van der Waals surface area (Å²) in [7, 11) is 0. The Balaban J connectivity index is 1.93. The fourth-order valence-electron chi connectivity index (χ4n) is 2.14. The minimum absolute atomic E-state index is 0.0641. The second-order valence-corrected chi connectivity index (χ2v) is 5.64. The first-order chi connectivity index (χ1) is 12.4. The van der Waals surface area contributed by atoms with Gasteiger partial charge in [0.2, 0.25) is 0 Å². The van der Waals surface area contributed by atoms with Crippen LogP contribution in [0.4, 0.5) is 0 Å². The van der Waals surface area contributed by atoms with Crippen LogP contribution in [0.1, 0.15) is 29.3 Å². The lowest BCUT2D eigenvalue weighted by Crippen LogP contribution is -2.09. The quantitative estimate of drug-likeness (QED) is 0.326. The minimum atomic E-state index is -0.487. The summed E-state index contributed by atoms with van der Waals surface area (Å²) in [5.74, 6) is -0.956. The van der Waals surface area contributed by atoms with E-state index in [0.29, 0.717) is 17.7 Å². The van der Waals surface area contributed by atoms with Crippen molar-refractivity contribution in [3.63, 3.8) is 0 Å². The first-order valence-corrected chi connectivity index (χ1v) is 8.01. The molecule has 2 aromatic carbocycles. The van der Waals surface area contributed by atoms with E-state index in [2.05, 4.69) is 6.58 Å². The summed E-state index contributed by atoms with van der Waals surface area (Å²) < 4.78 is 10.4. The van der Waals surface area contributed by atoms with Crippen molar-refractivity contribution in [2.24, 2.45) is 0 Å². The summed E-state index contributed by atoms with van der Waals surface area (Å²) >= 11 is 0. The highest BCUT2D eigenvalue weighted by atomic mass is 16.5. The Morgan fingerprint density at radius 3 is 2.35 bits per heavy atom. The first kappa shape index (κ1) is 19.1. The first-order valence-electron chi connectivity index (χ1n) is 8.01. The van der Waals surface area contributed by atoms with Gasteiger partial charge < -0.3 is 19.7 Å². The molecule has 0 bridgehead atoms. The zero-order valence-electron chi connectivity index (χ0n) is 14.4. The lowest BCUT2D eigenvalue weighted by Gasteiger charge is -2.10. The van der Waals surface area contributed by atoms with E-state index >= 15 is 0 Å². The highest BCUT2D eigenvalue weighted by Crippen LogP contribution is 2.28. The fraction of sp³-hybridized carbons (Fsp3) is 0.200. The van der Waals surface area contributed by atoms with E-state index in [-0.39, 0.29) is 35.8 Å². The number of phenolic OH excluding ortho intramolecular Hbond substituents is 2. The van der Waals surface area contributed by atoms with Gasteiger partial charge in [-0.25, -0.2) is 4.79 Å². The van der Waals surface area contributed by atoms with Gasteiger partial charge in [0.25, 0.3) is 0 Å². The molecule has 0 aliphatic rings. The molecule has 136 valence electrons. The van der Waals surface area contributed by atoms with Crippen LogP contribution in [0.2, 0.25) is 0 Å². The van der Waals surface area contributed by atoms with Crippen molar-refractivity contribution in [1.29, 1.82) is 0 Å². The number of aromatic hydroxyl groups is 2. The Morgan fingerprint density at radius 1 is 1.00 bits per heavy atom. The molecule has 0 radical (unpaired) electrons. The summed E-state index contributed by atoms with van der Waals surface area (Å²) in [5.41, 5.74) is 0.505. The van der Waals surface area contributed by atoms with E-state index in [4.69, 9.17) is 9.47 Å². The Hall–Kier alpha value is -3.28. The van der Waals surface area contributed by atoms with Crippen LogP contribution in [0.15, 0.2) is 54.6 Å². The van der Waals surface area contributed by atoms with Crippen LogP contribution in [-0.2, 0) is 9.53 Å². The molecule has 2 rings (SSSR count). The van der Waals surface area contributed by atoms with Crippen molar-refractivity contribution < 1.29 is 29.3 Å². The molecule has 0 amide bonds. The van der Waals surface area contributed by atoms with Crippen molar-refractivity contribution in [3.05, 3.63) is 65.7 Å². The molecule has 0 aliphatic carbocycles. The van der Waals surface area contributed by atoms with E-state index in [0.717, 1.165) is 0 Å². The van der Waals surface area contributed by atoms with Gasteiger partial charge >= 0.3 is 5.97 Å². The summed E-state index contributed by atoms with van der Waals surface area (Å²) in [6.07, 6.45) is 0.471. The molecule has 0 saturated heterocycles. The number of para-hydroxylation sites is 1. The van der Waals surface area contributed by atoms with E-state index in [9.17, 15) is 19.8 Å². The molecule has 0 atom stereocenters. The third kappa shape index (κ3) is 4.86. The zero-order valence-corrected chi connectivity index (χ0v) is 14.4. The Bertz CT molecular complexity index is 825. The largest absolute Gasteiger partial charge is 0.507 e. The number of esters is 1. The SMILES string of the molecule is C=C(C)C(=O)OCCCOc1ccc(C(=O)c2ccccc2O)c(O)c1. The van der Waals surface area contributed by atoms with Gasteiger partial charge in [-0.15, -0.1) is 0 Å². The van der Waals surface area contributed by atoms with E-state index < -0.39 is 11.8 Å². The number of rotatable bonds is 8. The van der Waals surface area contributed by atoms with Gasteiger partial charge in [0.05, 0.1) is 24.3 Å². The molecule has 6 nitrogen and oxygen atoms in total. The van der Waals surface area contributed by atoms with Crippen LogP contribution < -0.4 is 4.74 Å². The van der Waals surface area contributed by atoms with E-state index in [1.165, 1.54) is 24.3 Å². The maximum absolute atomic E-state index is 12.4. The van der Waals surface area contributed by atoms with Crippen molar-refractivity contribution >= 4 is 11.8 Å². The van der Waals surface area contributed by atoms with Gasteiger partial charge in [0.15, 0.2) is 5.78 Å². The average molecular weight is 356 g/mol. The lowest BCUT2D eigenvalue weighted by molar-refractivity contribution is -0.139. The standard InChI is InChI=1S/C20H20O6/c1-13(2)20(24)26-11-5-10-25-14-8-9-16(18(22)12-14)19(23)15-6-3-4-7-17(15)21/h3-4,6-9,12,21-22H,1,5,10-11H2,2H3. The van der Waals surface area contributed by atoms with Crippen molar-refractivity contribution in [1.82, 2.24) is 0 Å². The number of benzene rings is 2. The molecule has 0 fully saturated rings. The van der Waals surface area contributed by atoms with Crippen LogP contribution in [0.25, 0.3) is 0 Å². The predicted molar refractivity (Wildman–Crippen MR) is 95.5 cm³/mol. The molecule has 0 aliphatic heterocycles. The van der Waals surface area contributed by atoms with Crippen LogP contribution in [-0.4, -0.2) is 35.2 Å². The summed E-state index contributed by atoms with van der Waals surface area (Å²) in [6.45, 7) is 5.52. The smallest absolute Gasteiger partial charge is 0.333 e. The number of hydrogen-bond acceptors (Lipinski definition) is 6. The van der Waals surface area contributed by atoms with Gasteiger partial charge in [-0.05, 0) is 31.2 Å². The van der Waals surface area contributed by atoms with Crippen molar-refractivity contribution in [3.8, 4) is 17.2 Å². The molecule has 2 N–H and O–H groups in total. The molecule has 26 heavy (non-hydrogen) atoms. The van der Waals surface area contributed by atoms with Crippen molar-refractivity contribution in [2.45, 2.75) is 13.3 Å². The highest BCUT2D eigenvalue weighted by molar-refractivity contribution is 6.12. The Morgan fingerprint density at radius 2 is 1.69 bits per heavy atom. The second kappa shape index (κ2) is 8.71. The molecule has 0 spiro atoms. The maximum Gasteiger partial charge on any atom is 0.333 e. The molecule has 0 unspecified atom stereocenters. The molecule has 6 heteroatoms. The maximum atomic E-state index is 12.4.